The molecule has 3 heterocycles. The summed E-state index contributed by atoms with van der Waals surface area (Å²) in [4.78, 5) is 34.4. The van der Waals surface area contributed by atoms with Crippen LogP contribution in [0.1, 0.15) is 31.2 Å². The molecule has 4 aromatic rings. The van der Waals surface area contributed by atoms with Crippen molar-refractivity contribution in [1.29, 1.82) is 0 Å². The highest BCUT2D eigenvalue weighted by Gasteiger charge is 2.39. The number of fused-ring (bicyclic) bond motifs is 1. The predicted molar refractivity (Wildman–Crippen MR) is 149 cm³/mol. The maximum absolute atomic E-state index is 13.4. The number of amides is 1. The Kier molecular flexibility index (Phi) is 6.56. The largest absolute Gasteiger partial charge is 0.388 e. The van der Waals surface area contributed by atoms with Crippen LogP contribution in [0.15, 0.2) is 65.8 Å². The Bertz CT molecular complexity index is 1580. The Labute approximate surface area is 227 Å². The van der Waals surface area contributed by atoms with Crippen molar-refractivity contribution < 1.29 is 9.90 Å². The summed E-state index contributed by atoms with van der Waals surface area (Å²) < 4.78 is 3.16. The molecule has 2 fully saturated rings. The number of aliphatic hydroxyl groups is 1. The summed E-state index contributed by atoms with van der Waals surface area (Å²) >= 11 is 0. The minimum atomic E-state index is -1.05. The third-order valence-electron chi connectivity index (χ3n) is 7.86. The van der Waals surface area contributed by atoms with Crippen LogP contribution in [0.4, 0.5) is 0 Å². The Hall–Kier alpha value is -3.82. The van der Waals surface area contributed by atoms with E-state index in [1.54, 1.807) is 10.9 Å². The van der Waals surface area contributed by atoms with Crippen molar-refractivity contribution in [3.8, 4) is 16.8 Å². The Morgan fingerprint density at radius 1 is 1.10 bits per heavy atom. The average molecular weight is 527 g/mol. The normalized spacial score (nSPS) is 17.2. The molecule has 1 saturated heterocycles. The summed E-state index contributed by atoms with van der Waals surface area (Å²) in [6, 6.07) is 16.4. The molecule has 9 heteroatoms. The first kappa shape index (κ1) is 25.5. The average Bonchev–Trinajstić information content (AvgIpc) is 3.69. The number of hydrogen-bond acceptors (Lipinski definition) is 6. The molecule has 1 aliphatic carbocycles. The van der Waals surface area contributed by atoms with E-state index in [0.29, 0.717) is 37.0 Å². The highest BCUT2D eigenvalue weighted by Crippen LogP contribution is 2.33. The first-order chi connectivity index (χ1) is 18.8. The highest BCUT2D eigenvalue weighted by atomic mass is 16.3. The van der Waals surface area contributed by atoms with Gasteiger partial charge in [-0.25, -0.2) is 9.67 Å². The van der Waals surface area contributed by atoms with Gasteiger partial charge in [0.05, 0.1) is 24.0 Å². The van der Waals surface area contributed by atoms with Crippen molar-refractivity contribution in [2.75, 3.05) is 27.2 Å². The molecule has 1 aliphatic heterocycles. The smallest absolute Gasteiger partial charge is 0.264 e. The topological polar surface area (TPSA) is 96.5 Å². The van der Waals surface area contributed by atoms with E-state index < -0.39 is 5.60 Å². The lowest BCUT2D eigenvalue weighted by molar-refractivity contribution is -0.137. The molecule has 0 spiro atoms. The number of carbonyl (C=O) groups is 1. The molecule has 0 radical (unpaired) electrons. The van der Waals surface area contributed by atoms with Crippen molar-refractivity contribution in [3.05, 3.63) is 77.0 Å². The summed E-state index contributed by atoms with van der Waals surface area (Å²) in [6.45, 7) is 2.00. The highest BCUT2D eigenvalue weighted by molar-refractivity contribution is 5.81. The predicted octanol–water partition coefficient (Wildman–Crippen LogP) is 3.07. The molecule has 0 unspecified atom stereocenters. The maximum atomic E-state index is 13.4. The SMILES string of the molecule is CN(C)Cc1ccccc1-c1cccc(-n2ncc3c(=O)n(CC4(O)CCN(C(=O)C5CC5)CC4)cnc32)c1. The molecule has 1 saturated carbocycles. The van der Waals surface area contributed by atoms with Crippen molar-refractivity contribution in [2.24, 2.45) is 5.92 Å². The molecule has 2 aromatic heterocycles. The maximum Gasteiger partial charge on any atom is 0.264 e. The van der Waals surface area contributed by atoms with Gasteiger partial charge in [-0.05, 0) is 68.6 Å². The molecule has 0 atom stereocenters. The van der Waals surface area contributed by atoms with E-state index in [4.69, 9.17) is 0 Å². The summed E-state index contributed by atoms with van der Waals surface area (Å²) in [5, 5.41) is 16.1. The number of benzene rings is 2. The van der Waals surface area contributed by atoms with E-state index in [-0.39, 0.29) is 23.9 Å². The lowest BCUT2D eigenvalue weighted by atomic mass is 9.91. The van der Waals surface area contributed by atoms with Gasteiger partial charge in [-0.2, -0.15) is 5.10 Å². The van der Waals surface area contributed by atoms with Gasteiger partial charge in [0.15, 0.2) is 5.65 Å². The minimum absolute atomic E-state index is 0.142. The fraction of sp³-hybridized carbons (Fsp3) is 0.400. The fourth-order valence-electron chi connectivity index (χ4n) is 5.54. The van der Waals surface area contributed by atoms with Crippen LogP contribution >= 0.6 is 0 Å². The van der Waals surface area contributed by atoms with Crippen molar-refractivity contribution in [1.82, 2.24) is 29.1 Å². The van der Waals surface area contributed by atoms with E-state index in [1.807, 2.05) is 23.1 Å². The summed E-state index contributed by atoms with van der Waals surface area (Å²) in [7, 11) is 4.11. The summed E-state index contributed by atoms with van der Waals surface area (Å²) in [5.74, 6) is 0.380. The zero-order chi connectivity index (χ0) is 27.1. The second kappa shape index (κ2) is 10.1. The van der Waals surface area contributed by atoms with Crippen molar-refractivity contribution >= 4 is 16.9 Å². The van der Waals surface area contributed by atoms with Crippen LogP contribution in [0.3, 0.4) is 0 Å². The summed E-state index contributed by atoms with van der Waals surface area (Å²) in [6.07, 6.45) is 5.88. The number of aromatic nitrogens is 4. The molecule has 2 aliphatic rings. The van der Waals surface area contributed by atoms with Gasteiger partial charge in [-0.15, -0.1) is 0 Å². The molecule has 6 rings (SSSR count). The number of piperidine rings is 1. The lowest BCUT2D eigenvalue weighted by Crippen LogP contribution is -2.50. The molecular weight excluding hydrogens is 492 g/mol. The van der Waals surface area contributed by atoms with Gasteiger partial charge in [-0.1, -0.05) is 36.4 Å². The van der Waals surface area contributed by atoms with Crippen LogP contribution in [0.2, 0.25) is 0 Å². The van der Waals surface area contributed by atoms with E-state index in [1.165, 1.54) is 16.5 Å². The van der Waals surface area contributed by atoms with Crippen LogP contribution in [0.5, 0.6) is 0 Å². The van der Waals surface area contributed by atoms with Gasteiger partial charge in [0.1, 0.15) is 11.7 Å². The third-order valence-corrected chi connectivity index (χ3v) is 7.86. The number of rotatable bonds is 7. The minimum Gasteiger partial charge on any atom is -0.388 e. The van der Waals surface area contributed by atoms with E-state index in [9.17, 15) is 14.7 Å². The quantitative estimate of drug-likeness (QED) is 0.398. The molecule has 1 amide bonds. The zero-order valence-electron chi connectivity index (χ0n) is 22.5. The van der Waals surface area contributed by atoms with Crippen molar-refractivity contribution in [3.63, 3.8) is 0 Å². The van der Waals surface area contributed by atoms with E-state index in [0.717, 1.165) is 36.2 Å². The summed E-state index contributed by atoms with van der Waals surface area (Å²) in [5.41, 5.74) is 3.46. The van der Waals surface area contributed by atoms with Crippen LogP contribution in [-0.4, -0.2) is 72.9 Å². The Balaban J connectivity index is 1.25. The van der Waals surface area contributed by atoms with Crippen LogP contribution in [0, 0.1) is 5.92 Å². The van der Waals surface area contributed by atoms with Gasteiger partial charge in [0.25, 0.3) is 5.56 Å². The lowest BCUT2D eigenvalue weighted by Gasteiger charge is -2.38. The monoisotopic (exact) mass is 526 g/mol. The van der Waals surface area contributed by atoms with Gasteiger partial charge < -0.3 is 14.9 Å². The number of likely N-dealkylation sites (tertiary alicyclic amines) is 1. The standard InChI is InChI=1S/C30H34N6O3/c1-33(2)18-23-6-3-4-9-25(23)22-7-5-8-24(16-22)36-27-26(17-32-36)29(38)35(20-31-27)19-30(39)12-14-34(15-13-30)28(37)21-10-11-21/h3-9,16-17,20-21,39H,10-15,18-19H2,1-2H3. The molecule has 2 aromatic carbocycles. The number of nitrogens with zero attached hydrogens (tertiary/aromatic N) is 6. The molecule has 9 nitrogen and oxygen atoms in total. The first-order valence-corrected chi connectivity index (χ1v) is 13.6. The molecule has 202 valence electrons. The van der Waals surface area contributed by atoms with Gasteiger partial charge >= 0.3 is 0 Å². The second-order valence-electron chi connectivity index (χ2n) is 11.2. The molecule has 39 heavy (non-hydrogen) atoms. The van der Waals surface area contributed by atoms with Crippen molar-refractivity contribution in [2.45, 2.75) is 44.4 Å². The Morgan fingerprint density at radius 3 is 2.62 bits per heavy atom. The van der Waals surface area contributed by atoms with Crippen LogP contribution in [0.25, 0.3) is 27.8 Å². The number of hydrogen-bond donors (Lipinski definition) is 1. The van der Waals surface area contributed by atoms with Crippen LogP contribution in [-0.2, 0) is 17.9 Å². The van der Waals surface area contributed by atoms with E-state index in [2.05, 4.69) is 59.4 Å². The van der Waals surface area contributed by atoms with Gasteiger partial charge in [0, 0.05) is 25.6 Å². The first-order valence-electron chi connectivity index (χ1n) is 13.6. The van der Waals surface area contributed by atoms with Gasteiger partial charge in [-0.3, -0.25) is 14.2 Å². The Morgan fingerprint density at radius 2 is 1.87 bits per heavy atom. The molecule has 1 N–H and O–H groups in total. The van der Waals surface area contributed by atoms with Gasteiger partial charge in [0.2, 0.25) is 5.91 Å². The number of carbonyl (C=O) groups excluding carboxylic acids is 1. The van der Waals surface area contributed by atoms with E-state index >= 15 is 0 Å². The third kappa shape index (κ3) is 5.12. The zero-order valence-corrected chi connectivity index (χ0v) is 22.5. The molecular formula is C30H34N6O3. The fourth-order valence-corrected chi connectivity index (χ4v) is 5.54. The molecule has 0 bridgehead atoms. The second-order valence-corrected chi connectivity index (χ2v) is 11.2. The van der Waals surface area contributed by atoms with Crippen LogP contribution < -0.4 is 5.56 Å².